The van der Waals surface area contributed by atoms with E-state index in [9.17, 15) is 13.6 Å². The Morgan fingerprint density at radius 3 is 2.54 bits per heavy atom. The standard InChI is InChI=1S/C18H20F2N2O4/c1-22(11-12-5-4-6-14(9-12)24-2)18(23)21-13-7-8-15(25-3)16(10-13)26-17(19)20/h4-10,17H,11H2,1-3H3,(H,21,23). The van der Waals surface area contributed by atoms with Crippen LogP contribution in [0.5, 0.6) is 17.2 Å². The number of ether oxygens (including phenoxy) is 3. The third kappa shape index (κ3) is 5.23. The van der Waals surface area contributed by atoms with E-state index < -0.39 is 12.6 Å². The van der Waals surface area contributed by atoms with E-state index in [4.69, 9.17) is 9.47 Å². The number of benzene rings is 2. The Balaban J connectivity index is 2.05. The van der Waals surface area contributed by atoms with Crippen LogP contribution < -0.4 is 19.5 Å². The van der Waals surface area contributed by atoms with E-state index in [1.807, 2.05) is 24.3 Å². The lowest BCUT2D eigenvalue weighted by molar-refractivity contribution is -0.0511. The third-order valence-corrected chi connectivity index (χ3v) is 3.53. The summed E-state index contributed by atoms with van der Waals surface area (Å²) in [6.07, 6.45) is 0. The van der Waals surface area contributed by atoms with Gasteiger partial charge in [-0.2, -0.15) is 8.78 Å². The smallest absolute Gasteiger partial charge is 0.387 e. The van der Waals surface area contributed by atoms with Crippen LogP contribution in [0.4, 0.5) is 19.3 Å². The second kappa shape index (κ2) is 8.89. The molecule has 0 aliphatic carbocycles. The van der Waals surface area contributed by atoms with Crippen LogP contribution in [0.1, 0.15) is 5.56 Å². The number of hydrogen-bond acceptors (Lipinski definition) is 4. The number of hydrogen-bond donors (Lipinski definition) is 1. The molecule has 2 amide bonds. The molecule has 1 N–H and O–H groups in total. The van der Waals surface area contributed by atoms with Gasteiger partial charge in [0.2, 0.25) is 0 Å². The molecule has 140 valence electrons. The van der Waals surface area contributed by atoms with Crippen molar-refractivity contribution in [3.8, 4) is 17.2 Å². The first kappa shape index (κ1) is 19.3. The molecule has 0 unspecified atom stereocenters. The molecule has 8 heteroatoms. The average molecular weight is 366 g/mol. The number of rotatable bonds is 7. The summed E-state index contributed by atoms with van der Waals surface area (Å²) in [7, 11) is 4.53. The van der Waals surface area contributed by atoms with Gasteiger partial charge < -0.3 is 24.4 Å². The lowest BCUT2D eigenvalue weighted by Gasteiger charge is -2.19. The number of nitrogens with one attached hydrogen (secondary N) is 1. The summed E-state index contributed by atoms with van der Waals surface area (Å²) in [6, 6.07) is 11.2. The maximum atomic E-state index is 12.5. The molecule has 0 aromatic heterocycles. The van der Waals surface area contributed by atoms with Gasteiger partial charge in [0.15, 0.2) is 11.5 Å². The Kier molecular flexibility index (Phi) is 6.60. The number of urea groups is 1. The predicted octanol–water partition coefficient (Wildman–Crippen LogP) is 3.97. The molecule has 0 bridgehead atoms. The molecule has 0 radical (unpaired) electrons. The lowest BCUT2D eigenvalue weighted by atomic mass is 10.2. The van der Waals surface area contributed by atoms with Crippen LogP contribution >= 0.6 is 0 Å². The molecule has 2 aromatic carbocycles. The van der Waals surface area contributed by atoms with E-state index in [1.54, 1.807) is 14.2 Å². The van der Waals surface area contributed by atoms with E-state index in [1.165, 1.54) is 30.2 Å². The summed E-state index contributed by atoms with van der Waals surface area (Å²) in [5, 5.41) is 2.63. The summed E-state index contributed by atoms with van der Waals surface area (Å²) in [6.45, 7) is -2.65. The van der Waals surface area contributed by atoms with Crippen LogP contribution in [0.3, 0.4) is 0 Å². The van der Waals surface area contributed by atoms with Crippen molar-refractivity contribution in [2.45, 2.75) is 13.2 Å². The average Bonchev–Trinajstić information content (AvgIpc) is 2.61. The van der Waals surface area contributed by atoms with Gasteiger partial charge in [-0.3, -0.25) is 0 Å². The molecular weight excluding hydrogens is 346 g/mol. The maximum Gasteiger partial charge on any atom is 0.387 e. The quantitative estimate of drug-likeness (QED) is 0.806. The van der Waals surface area contributed by atoms with Crippen LogP contribution in [0.2, 0.25) is 0 Å². The van der Waals surface area contributed by atoms with E-state index >= 15 is 0 Å². The van der Waals surface area contributed by atoms with Gasteiger partial charge in [0.25, 0.3) is 0 Å². The second-order valence-electron chi connectivity index (χ2n) is 5.38. The van der Waals surface area contributed by atoms with E-state index in [0.29, 0.717) is 18.0 Å². The molecule has 0 aliphatic heterocycles. The number of carbonyl (C=O) groups excluding carboxylic acids is 1. The van der Waals surface area contributed by atoms with Crippen LogP contribution in [-0.4, -0.2) is 38.8 Å². The fourth-order valence-electron chi connectivity index (χ4n) is 2.28. The highest BCUT2D eigenvalue weighted by Crippen LogP contribution is 2.31. The van der Waals surface area contributed by atoms with Crippen molar-refractivity contribution in [2.24, 2.45) is 0 Å². The van der Waals surface area contributed by atoms with Gasteiger partial charge in [0.05, 0.1) is 14.2 Å². The van der Waals surface area contributed by atoms with Crippen molar-refractivity contribution in [3.63, 3.8) is 0 Å². The molecule has 0 aliphatic rings. The predicted molar refractivity (Wildman–Crippen MR) is 93.1 cm³/mol. The molecule has 0 spiro atoms. The van der Waals surface area contributed by atoms with E-state index in [0.717, 1.165) is 5.56 Å². The summed E-state index contributed by atoms with van der Waals surface area (Å²) >= 11 is 0. The third-order valence-electron chi connectivity index (χ3n) is 3.53. The Morgan fingerprint density at radius 2 is 1.88 bits per heavy atom. The van der Waals surface area contributed by atoms with Gasteiger partial charge >= 0.3 is 12.6 Å². The highest BCUT2D eigenvalue weighted by Gasteiger charge is 2.14. The van der Waals surface area contributed by atoms with Crippen molar-refractivity contribution in [2.75, 3.05) is 26.6 Å². The Bertz CT molecular complexity index is 756. The SMILES string of the molecule is COc1cccc(CN(C)C(=O)Nc2ccc(OC)c(OC(F)F)c2)c1. The first-order valence-electron chi connectivity index (χ1n) is 7.71. The highest BCUT2D eigenvalue weighted by molar-refractivity contribution is 5.89. The fourth-order valence-corrected chi connectivity index (χ4v) is 2.28. The van der Waals surface area contributed by atoms with Crippen molar-refractivity contribution in [3.05, 3.63) is 48.0 Å². The normalized spacial score (nSPS) is 10.4. The number of nitrogens with zero attached hydrogens (tertiary/aromatic N) is 1. The Hall–Kier alpha value is -3.03. The molecule has 26 heavy (non-hydrogen) atoms. The van der Waals surface area contributed by atoms with Gasteiger partial charge in [-0.25, -0.2) is 4.79 Å². The van der Waals surface area contributed by atoms with Gasteiger partial charge in [-0.05, 0) is 29.8 Å². The Morgan fingerprint density at radius 1 is 1.12 bits per heavy atom. The molecule has 0 saturated carbocycles. The van der Waals surface area contributed by atoms with Gasteiger partial charge in [0.1, 0.15) is 5.75 Å². The molecule has 2 rings (SSSR count). The molecule has 6 nitrogen and oxygen atoms in total. The zero-order chi connectivity index (χ0) is 19.1. The number of anilines is 1. The minimum Gasteiger partial charge on any atom is -0.497 e. The highest BCUT2D eigenvalue weighted by atomic mass is 19.3. The second-order valence-corrected chi connectivity index (χ2v) is 5.38. The number of alkyl halides is 2. The van der Waals surface area contributed by atoms with Crippen molar-refractivity contribution >= 4 is 11.7 Å². The molecule has 0 atom stereocenters. The van der Waals surface area contributed by atoms with Crippen molar-refractivity contribution in [1.29, 1.82) is 0 Å². The topological polar surface area (TPSA) is 60.0 Å². The van der Waals surface area contributed by atoms with Crippen LogP contribution in [0.25, 0.3) is 0 Å². The van der Waals surface area contributed by atoms with Crippen molar-refractivity contribution in [1.82, 2.24) is 4.90 Å². The van der Waals surface area contributed by atoms with E-state index in [2.05, 4.69) is 10.1 Å². The molecule has 0 saturated heterocycles. The van der Waals surface area contributed by atoms with E-state index in [-0.39, 0.29) is 11.5 Å². The Labute approximate surface area is 150 Å². The number of amides is 2. The minimum absolute atomic E-state index is 0.146. The van der Waals surface area contributed by atoms with Crippen molar-refractivity contribution < 1.29 is 27.8 Å². The summed E-state index contributed by atoms with van der Waals surface area (Å²) in [5.74, 6) is 0.684. The summed E-state index contributed by atoms with van der Waals surface area (Å²) in [4.78, 5) is 13.8. The largest absolute Gasteiger partial charge is 0.497 e. The van der Waals surface area contributed by atoms with Gasteiger partial charge in [-0.15, -0.1) is 0 Å². The number of carbonyl (C=O) groups is 1. The van der Waals surface area contributed by atoms with Crippen LogP contribution in [-0.2, 0) is 6.54 Å². The van der Waals surface area contributed by atoms with Crippen LogP contribution in [0, 0.1) is 0 Å². The van der Waals surface area contributed by atoms with Gasteiger partial charge in [0, 0.05) is 25.3 Å². The summed E-state index contributed by atoms with van der Waals surface area (Å²) in [5.41, 5.74) is 1.20. The molecule has 2 aromatic rings. The monoisotopic (exact) mass is 366 g/mol. The maximum absolute atomic E-state index is 12.5. The minimum atomic E-state index is -2.99. The van der Waals surface area contributed by atoms with Gasteiger partial charge in [-0.1, -0.05) is 12.1 Å². The number of methoxy groups -OCH3 is 2. The first-order valence-corrected chi connectivity index (χ1v) is 7.71. The molecule has 0 heterocycles. The zero-order valence-corrected chi connectivity index (χ0v) is 14.7. The first-order chi connectivity index (χ1) is 12.4. The molecule has 0 fully saturated rings. The molecular formula is C18H20F2N2O4. The summed E-state index contributed by atoms with van der Waals surface area (Å²) < 4.78 is 39.5. The van der Waals surface area contributed by atoms with Crippen LogP contribution in [0.15, 0.2) is 42.5 Å². The lowest BCUT2D eigenvalue weighted by Crippen LogP contribution is -2.30. The zero-order valence-electron chi connectivity index (χ0n) is 14.7. The fraction of sp³-hybridized carbons (Fsp3) is 0.278. The number of halogens is 2.